The predicted octanol–water partition coefficient (Wildman–Crippen LogP) is 1.84. The van der Waals surface area contributed by atoms with Crippen molar-refractivity contribution in [1.29, 1.82) is 0 Å². The number of likely N-dealkylation sites (tertiary alicyclic amines) is 1. The van der Waals surface area contributed by atoms with Crippen LogP contribution in [0.3, 0.4) is 0 Å². The number of para-hydroxylation sites is 1. The molecule has 1 aliphatic heterocycles. The van der Waals surface area contributed by atoms with Gasteiger partial charge in [0, 0.05) is 36.7 Å². The molecule has 1 aliphatic rings. The summed E-state index contributed by atoms with van der Waals surface area (Å²) in [6.07, 6.45) is 4.00. The highest BCUT2D eigenvalue weighted by atomic mass is 16.2. The lowest BCUT2D eigenvalue weighted by Gasteiger charge is -2.31. The average Bonchev–Trinajstić information content (AvgIpc) is 3.18. The van der Waals surface area contributed by atoms with E-state index in [1.165, 1.54) is 6.20 Å². The molecule has 4 rings (SSSR count). The van der Waals surface area contributed by atoms with Gasteiger partial charge in [-0.15, -0.1) is 0 Å². The van der Waals surface area contributed by atoms with Gasteiger partial charge in [0.15, 0.2) is 0 Å². The molecule has 0 bridgehead atoms. The molecule has 8 nitrogen and oxygen atoms in total. The zero-order chi connectivity index (χ0) is 20.4. The van der Waals surface area contributed by atoms with E-state index < -0.39 is 11.3 Å². The molecule has 8 heteroatoms. The smallest absolute Gasteiger partial charge is 0.270 e. The van der Waals surface area contributed by atoms with Gasteiger partial charge in [-0.2, -0.15) is 5.10 Å². The van der Waals surface area contributed by atoms with E-state index in [1.54, 1.807) is 0 Å². The van der Waals surface area contributed by atoms with E-state index in [4.69, 9.17) is 0 Å². The first-order chi connectivity index (χ1) is 14.0. The van der Waals surface area contributed by atoms with Crippen LogP contribution in [0.2, 0.25) is 0 Å². The van der Waals surface area contributed by atoms with E-state index in [1.807, 2.05) is 36.1 Å². The number of H-pyrrole nitrogens is 2. The molecule has 2 amide bonds. The van der Waals surface area contributed by atoms with Crippen molar-refractivity contribution in [2.45, 2.75) is 19.8 Å². The number of rotatable bonds is 4. The van der Waals surface area contributed by atoms with Crippen molar-refractivity contribution in [3.63, 3.8) is 0 Å². The lowest BCUT2D eigenvalue weighted by Crippen LogP contribution is -2.42. The third kappa shape index (κ3) is 3.91. The van der Waals surface area contributed by atoms with Gasteiger partial charge in [-0.3, -0.25) is 19.5 Å². The first kappa shape index (κ1) is 18.9. The van der Waals surface area contributed by atoms with Gasteiger partial charge in [0.1, 0.15) is 11.3 Å². The Morgan fingerprint density at radius 2 is 2.07 bits per heavy atom. The summed E-state index contributed by atoms with van der Waals surface area (Å²) < 4.78 is 0. The van der Waals surface area contributed by atoms with Crippen LogP contribution in [0.5, 0.6) is 0 Å². The monoisotopic (exact) mass is 393 g/mol. The van der Waals surface area contributed by atoms with Gasteiger partial charge in [-0.05, 0) is 37.3 Å². The molecule has 150 valence electrons. The second-order valence-corrected chi connectivity index (χ2v) is 7.48. The van der Waals surface area contributed by atoms with Gasteiger partial charge in [0.05, 0.1) is 6.20 Å². The SMILES string of the molecule is Cc1cccc2cc(C(=O)N3CCC(CNC(=O)c4c[nH]ncc4=O)CC3)[nH]c12. The largest absolute Gasteiger partial charge is 0.352 e. The number of nitrogens with zero attached hydrogens (tertiary/aromatic N) is 2. The summed E-state index contributed by atoms with van der Waals surface area (Å²) in [5.74, 6) is -0.124. The molecule has 1 saturated heterocycles. The molecule has 1 aromatic carbocycles. The maximum Gasteiger partial charge on any atom is 0.270 e. The number of aromatic nitrogens is 3. The van der Waals surface area contributed by atoms with Crippen LogP contribution in [0.25, 0.3) is 10.9 Å². The van der Waals surface area contributed by atoms with Crippen molar-refractivity contribution in [3.8, 4) is 0 Å². The lowest BCUT2D eigenvalue weighted by molar-refractivity contribution is 0.0679. The van der Waals surface area contributed by atoms with Gasteiger partial charge >= 0.3 is 0 Å². The topological polar surface area (TPSA) is 111 Å². The van der Waals surface area contributed by atoms with E-state index in [-0.39, 0.29) is 17.4 Å². The second kappa shape index (κ2) is 7.90. The standard InChI is InChI=1S/C21H23N5O3/c1-13-3-2-4-15-9-17(25-19(13)15)21(29)26-7-5-14(6-8-26)10-22-20(28)16-11-23-24-12-18(16)27/h2-4,9,11-12,14,25H,5-8,10H2,1H3,(H,22,28)(H,23,27). The van der Waals surface area contributed by atoms with Crippen molar-refractivity contribution in [2.24, 2.45) is 5.92 Å². The zero-order valence-corrected chi connectivity index (χ0v) is 16.2. The molecule has 2 aromatic heterocycles. The third-order valence-corrected chi connectivity index (χ3v) is 5.52. The summed E-state index contributed by atoms with van der Waals surface area (Å²) in [6.45, 7) is 3.79. The molecule has 3 N–H and O–H groups in total. The van der Waals surface area contributed by atoms with Crippen molar-refractivity contribution in [3.05, 3.63) is 63.7 Å². The summed E-state index contributed by atoms with van der Waals surface area (Å²) >= 11 is 0. The maximum atomic E-state index is 12.9. The Balaban J connectivity index is 1.32. The lowest BCUT2D eigenvalue weighted by atomic mass is 9.96. The molecular formula is C21H23N5O3. The van der Waals surface area contributed by atoms with E-state index in [2.05, 4.69) is 20.5 Å². The average molecular weight is 393 g/mol. The molecule has 29 heavy (non-hydrogen) atoms. The Morgan fingerprint density at radius 3 is 2.79 bits per heavy atom. The molecule has 3 heterocycles. The number of carbonyl (C=O) groups excluding carboxylic acids is 2. The van der Waals surface area contributed by atoms with Crippen molar-refractivity contribution in [2.75, 3.05) is 19.6 Å². The summed E-state index contributed by atoms with van der Waals surface area (Å²) in [7, 11) is 0. The molecular weight excluding hydrogens is 370 g/mol. The van der Waals surface area contributed by atoms with E-state index >= 15 is 0 Å². The van der Waals surface area contributed by atoms with Gasteiger partial charge in [-0.25, -0.2) is 0 Å². The fraction of sp³-hybridized carbons (Fsp3) is 0.333. The summed E-state index contributed by atoms with van der Waals surface area (Å²) in [4.78, 5) is 41.8. The summed E-state index contributed by atoms with van der Waals surface area (Å²) in [6, 6.07) is 7.91. The Labute approximate surface area is 167 Å². The molecule has 0 aliphatic carbocycles. The van der Waals surface area contributed by atoms with Crippen LogP contribution in [0, 0.1) is 12.8 Å². The highest BCUT2D eigenvalue weighted by Crippen LogP contribution is 2.22. The zero-order valence-electron chi connectivity index (χ0n) is 16.2. The van der Waals surface area contributed by atoms with Gasteiger partial charge in [-0.1, -0.05) is 18.2 Å². The van der Waals surface area contributed by atoms with Crippen LogP contribution in [0.15, 0.2) is 41.5 Å². The van der Waals surface area contributed by atoms with Crippen molar-refractivity contribution < 1.29 is 9.59 Å². The molecule has 1 fully saturated rings. The quantitative estimate of drug-likeness (QED) is 0.628. The number of hydrogen-bond acceptors (Lipinski definition) is 4. The Hall–Kier alpha value is -3.42. The van der Waals surface area contributed by atoms with Crippen LogP contribution in [-0.4, -0.2) is 51.5 Å². The number of benzene rings is 1. The molecule has 0 saturated carbocycles. The van der Waals surface area contributed by atoms with Crippen LogP contribution in [0.4, 0.5) is 0 Å². The fourth-order valence-electron chi connectivity index (χ4n) is 3.78. The number of carbonyl (C=O) groups is 2. The Bertz CT molecular complexity index is 1110. The minimum absolute atomic E-state index is 0.00593. The maximum absolute atomic E-state index is 12.9. The second-order valence-electron chi connectivity index (χ2n) is 7.48. The fourth-order valence-corrected chi connectivity index (χ4v) is 3.78. The van der Waals surface area contributed by atoms with Gasteiger partial charge in [0.25, 0.3) is 11.8 Å². The first-order valence-corrected chi connectivity index (χ1v) is 9.72. The molecule has 0 unspecified atom stereocenters. The van der Waals surface area contributed by atoms with Crippen molar-refractivity contribution in [1.82, 2.24) is 25.4 Å². The van der Waals surface area contributed by atoms with E-state index in [9.17, 15) is 14.4 Å². The van der Waals surface area contributed by atoms with E-state index in [0.717, 1.165) is 35.5 Å². The summed E-state index contributed by atoms with van der Waals surface area (Å²) in [5.41, 5.74) is 2.37. The number of hydrogen-bond donors (Lipinski definition) is 3. The van der Waals surface area contributed by atoms with Crippen LogP contribution in [-0.2, 0) is 0 Å². The number of piperidine rings is 1. The normalized spacial score (nSPS) is 14.9. The predicted molar refractivity (Wildman–Crippen MR) is 109 cm³/mol. The first-order valence-electron chi connectivity index (χ1n) is 9.72. The Kier molecular flexibility index (Phi) is 5.16. The van der Waals surface area contributed by atoms with Crippen LogP contribution in [0.1, 0.15) is 39.3 Å². The number of amides is 2. The minimum Gasteiger partial charge on any atom is -0.352 e. The molecule has 3 aromatic rings. The third-order valence-electron chi connectivity index (χ3n) is 5.52. The molecule has 0 spiro atoms. The minimum atomic E-state index is -0.407. The van der Waals surface area contributed by atoms with Gasteiger partial charge < -0.3 is 15.2 Å². The molecule has 0 atom stereocenters. The number of aryl methyl sites for hydroxylation is 1. The molecule has 0 radical (unpaired) electrons. The number of aromatic amines is 2. The number of nitrogens with one attached hydrogen (secondary N) is 3. The van der Waals surface area contributed by atoms with Crippen molar-refractivity contribution >= 4 is 22.7 Å². The number of fused-ring (bicyclic) bond motifs is 1. The van der Waals surface area contributed by atoms with Gasteiger partial charge in [0.2, 0.25) is 5.43 Å². The Morgan fingerprint density at radius 1 is 1.28 bits per heavy atom. The highest BCUT2D eigenvalue weighted by molar-refractivity contribution is 5.98. The van der Waals surface area contributed by atoms with Crippen LogP contribution >= 0.6 is 0 Å². The van der Waals surface area contributed by atoms with E-state index in [0.29, 0.717) is 25.3 Å². The highest BCUT2D eigenvalue weighted by Gasteiger charge is 2.25. The summed E-state index contributed by atoms with van der Waals surface area (Å²) in [5, 5.41) is 9.95. The van der Waals surface area contributed by atoms with Crippen LogP contribution < -0.4 is 10.7 Å².